The highest BCUT2D eigenvalue weighted by atomic mass is 32.2. The zero-order valence-corrected chi connectivity index (χ0v) is 11.3. The lowest BCUT2D eigenvalue weighted by molar-refractivity contribution is 0.127. The number of nitrogens with two attached hydrogens (primary N) is 1. The van der Waals surface area contributed by atoms with Crippen molar-refractivity contribution < 1.29 is 13.2 Å². The molecule has 1 saturated heterocycles. The van der Waals surface area contributed by atoms with Gasteiger partial charge in [-0.05, 0) is 19.8 Å². The molecule has 0 radical (unpaired) electrons. The fraction of sp³-hybridized carbons (Fsp3) is 0.700. The van der Waals surface area contributed by atoms with Crippen molar-refractivity contribution >= 4 is 21.5 Å². The van der Waals surface area contributed by atoms with E-state index in [1.807, 2.05) is 0 Å². The third-order valence-electron chi connectivity index (χ3n) is 2.95. The second-order valence-electron chi connectivity index (χ2n) is 4.49. The average Bonchev–Trinajstić information content (AvgIpc) is 2.83. The Labute approximate surface area is 106 Å². The topological polar surface area (TPSA) is 99.2 Å². The molecule has 0 spiro atoms. The summed E-state index contributed by atoms with van der Waals surface area (Å²) >= 11 is 0. The van der Waals surface area contributed by atoms with Crippen LogP contribution in [0.5, 0.6) is 0 Å². The summed E-state index contributed by atoms with van der Waals surface area (Å²) in [6.45, 7) is 2.36. The van der Waals surface area contributed by atoms with Crippen LogP contribution in [-0.2, 0) is 21.8 Å². The standard InChI is InChI=1S/C10H18N4O3S/c1-7-9(11)10(14(2)12-7)13-18(15,16)6-8-4-3-5-17-8/h8,13H,3-6,11H2,1-2H3. The zero-order valence-electron chi connectivity index (χ0n) is 10.5. The predicted octanol–water partition coefficient (Wildman–Crippen LogP) is 0.231. The van der Waals surface area contributed by atoms with Crippen LogP contribution in [0.15, 0.2) is 0 Å². The van der Waals surface area contributed by atoms with Crippen LogP contribution in [0.25, 0.3) is 0 Å². The third-order valence-corrected chi connectivity index (χ3v) is 4.26. The number of aromatic nitrogens is 2. The second kappa shape index (κ2) is 4.77. The molecule has 0 bridgehead atoms. The molecule has 18 heavy (non-hydrogen) atoms. The van der Waals surface area contributed by atoms with Gasteiger partial charge in [0.1, 0.15) is 0 Å². The van der Waals surface area contributed by atoms with E-state index in [1.165, 1.54) is 4.68 Å². The Morgan fingerprint density at radius 1 is 1.61 bits per heavy atom. The van der Waals surface area contributed by atoms with Crippen molar-refractivity contribution in [3.05, 3.63) is 5.69 Å². The van der Waals surface area contributed by atoms with Gasteiger partial charge in [-0.2, -0.15) is 5.10 Å². The molecule has 102 valence electrons. The van der Waals surface area contributed by atoms with Crippen molar-refractivity contribution in [3.63, 3.8) is 0 Å². The first-order chi connectivity index (χ1) is 8.39. The molecular weight excluding hydrogens is 256 g/mol. The van der Waals surface area contributed by atoms with Gasteiger partial charge in [0.2, 0.25) is 10.0 Å². The second-order valence-corrected chi connectivity index (χ2v) is 6.26. The fourth-order valence-corrected chi connectivity index (χ4v) is 3.38. The summed E-state index contributed by atoms with van der Waals surface area (Å²) in [4.78, 5) is 0. The van der Waals surface area contributed by atoms with Gasteiger partial charge in [-0.3, -0.25) is 4.72 Å². The number of hydrogen-bond acceptors (Lipinski definition) is 5. The van der Waals surface area contributed by atoms with Crippen LogP contribution in [0.4, 0.5) is 11.5 Å². The van der Waals surface area contributed by atoms with E-state index < -0.39 is 10.0 Å². The molecule has 2 heterocycles. The minimum atomic E-state index is -3.47. The predicted molar refractivity (Wildman–Crippen MR) is 68.7 cm³/mol. The summed E-state index contributed by atoms with van der Waals surface area (Å²) in [5.74, 6) is 0.266. The molecule has 1 atom stereocenters. The Balaban J connectivity index is 2.11. The molecule has 1 aliphatic heterocycles. The number of nitrogens with zero attached hydrogens (tertiary/aromatic N) is 2. The Kier molecular flexibility index (Phi) is 3.49. The third kappa shape index (κ3) is 2.75. The van der Waals surface area contributed by atoms with Crippen LogP contribution in [0.3, 0.4) is 0 Å². The maximum Gasteiger partial charge on any atom is 0.236 e. The van der Waals surface area contributed by atoms with Crippen molar-refractivity contribution in [1.29, 1.82) is 0 Å². The van der Waals surface area contributed by atoms with Gasteiger partial charge < -0.3 is 10.5 Å². The minimum absolute atomic E-state index is 0.0450. The van der Waals surface area contributed by atoms with E-state index in [2.05, 4.69) is 9.82 Å². The molecule has 0 saturated carbocycles. The average molecular weight is 274 g/mol. The van der Waals surface area contributed by atoms with Crippen molar-refractivity contribution in [2.24, 2.45) is 7.05 Å². The van der Waals surface area contributed by atoms with E-state index in [0.717, 1.165) is 12.8 Å². The lowest BCUT2D eigenvalue weighted by Gasteiger charge is -2.12. The number of anilines is 2. The number of hydrogen-bond donors (Lipinski definition) is 2. The Morgan fingerprint density at radius 3 is 2.83 bits per heavy atom. The van der Waals surface area contributed by atoms with Crippen LogP contribution < -0.4 is 10.5 Å². The van der Waals surface area contributed by atoms with Gasteiger partial charge in [-0.1, -0.05) is 0 Å². The Bertz CT molecular complexity index is 532. The SMILES string of the molecule is Cc1nn(C)c(NS(=O)(=O)CC2CCCO2)c1N. The Hall–Kier alpha value is -1.28. The van der Waals surface area contributed by atoms with Crippen molar-refractivity contribution in [3.8, 4) is 0 Å². The summed E-state index contributed by atoms with van der Waals surface area (Å²) in [7, 11) is -1.82. The smallest absolute Gasteiger partial charge is 0.236 e. The van der Waals surface area contributed by atoms with Crippen molar-refractivity contribution in [1.82, 2.24) is 9.78 Å². The van der Waals surface area contributed by atoms with Crippen LogP contribution in [0.2, 0.25) is 0 Å². The fourth-order valence-electron chi connectivity index (χ4n) is 2.01. The first-order valence-corrected chi connectivity index (χ1v) is 7.45. The van der Waals surface area contributed by atoms with Crippen LogP contribution >= 0.6 is 0 Å². The van der Waals surface area contributed by atoms with Gasteiger partial charge in [-0.15, -0.1) is 0 Å². The molecule has 0 amide bonds. The molecule has 1 aliphatic rings. The van der Waals surface area contributed by atoms with Crippen molar-refractivity contribution in [2.45, 2.75) is 25.9 Å². The van der Waals surface area contributed by atoms with E-state index in [9.17, 15) is 8.42 Å². The molecule has 7 nitrogen and oxygen atoms in total. The molecule has 0 aliphatic carbocycles. The number of ether oxygens (including phenoxy) is 1. The molecule has 1 fully saturated rings. The van der Waals surface area contributed by atoms with Crippen LogP contribution in [-0.4, -0.2) is 36.7 Å². The lowest BCUT2D eigenvalue weighted by atomic mass is 10.3. The maximum atomic E-state index is 12.0. The molecule has 3 N–H and O–H groups in total. The van der Waals surface area contributed by atoms with E-state index in [1.54, 1.807) is 14.0 Å². The van der Waals surface area contributed by atoms with E-state index in [0.29, 0.717) is 23.8 Å². The van der Waals surface area contributed by atoms with Gasteiger partial charge >= 0.3 is 0 Å². The van der Waals surface area contributed by atoms with E-state index >= 15 is 0 Å². The van der Waals surface area contributed by atoms with Gasteiger partial charge in [0, 0.05) is 13.7 Å². The Morgan fingerprint density at radius 2 is 2.33 bits per heavy atom. The number of nitrogens with one attached hydrogen (secondary N) is 1. The van der Waals surface area contributed by atoms with Gasteiger partial charge in [0.05, 0.1) is 23.2 Å². The first-order valence-electron chi connectivity index (χ1n) is 5.80. The van der Waals surface area contributed by atoms with Crippen LogP contribution in [0, 0.1) is 6.92 Å². The molecule has 1 unspecified atom stereocenters. The summed E-state index contributed by atoms with van der Waals surface area (Å²) in [6.07, 6.45) is 1.46. The van der Waals surface area contributed by atoms with Crippen LogP contribution in [0.1, 0.15) is 18.5 Å². The maximum absolute atomic E-state index is 12.0. The number of aryl methyl sites for hydroxylation is 2. The highest BCUT2D eigenvalue weighted by Crippen LogP contribution is 2.23. The monoisotopic (exact) mass is 274 g/mol. The molecule has 0 aromatic carbocycles. The highest BCUT2D eigenvalue weighted by molar-refractivity contribution is 7.92. The molecule has 2 rings (SSSR count). The normalized spacial score (nSPS) is 20.2. The minimum Gasteiger partial charge on any atom is -0.394 e. The summed E-state index contributed by atoms with van der Waals surface area (Å²) in [5, 5.41) is 4.06. The molecule has 1 aromatic heterocycles. The number of rotatable bonds is 4. The number of sulfonamides is 1. The molecule has 8 heteroatoms. The van der Waals surface area contributed by atoms with E-state index in [-0.39, 0.29) is 11.9 Å². The largest absolute Gasteiger partial charge is 0.394 e. The highest BCUT2D eigenvalue weighted by Gasteiger charge is 2.25. The summed E-state index contributed by atoms with van der Waals surface area (Å²) in [5.41, 5.74) is 6.74. The van der Waals surface area contributed by atoms with E-state index in [4.69, 9.17) is 10.5 Å². The lowest BCUT2D eigenvalue weighted by Crippen LogP contribution is -2.26. The summed E-state index contributed by atoms with van der Waals surface area (Å²) < 4.78 is 33.2. The van der Waals surface area contributed by atoms with Gasteiger partial charge in [0.15, 0.2) is 5.82 Å². The first kappa shape index (κ1) is 13.2. The van der Waals surface area contributed by atoms with Crippen molar-refractivity contribution in [2.75, 3.05) is 22.8 Å². The van der Waals surface area contributed by atoms with Gasteiger partial charge in [-0.25, -0.2) is 13.1 Å². The quantitative estimate of drug-likeness (QED) is 0.819. The van der Waals surface area contributed by atoms with Gasteiger partial charge in [0.25, 0.3) is 0 Å². The number of nitrogen functional groups attached to an aromatic ring is 1. The molecular formula is C10H18N4O3S. The zero-order chi connectivity index (χ0) is 13.3. The molecule has 1 aromatic rings. The summed E-state index contributed by atoms with van der Waals surface area (Å²) in [6, 6.07) is 0.